The van der Waals surface area contributed by atoms with E-state index < -0.39 is 16.0 Å². The minimum Gasteiger partial charge on any atom is -0.478 e. The fraction of sp³-hybridized carbons (Fsp3) is 0.118. The molecule has 2 heterocycles. The second-order valence-electron chi connectivity index (χ2n) is 5.74. The number of hydrogen-bond acceptors (Lipinski definition) is 5. The maximum absolute atomic E-state index is 11.9. The molecule has 25 heavy (non-hydrogen) atoms. The van der Waals surface area contributed by atoms with Gasteiger partial charge in [-0.15, -0.1) is 0 Å². The van der Waals surface area contributed by atoms with Gasteiger partial charge in [-0.3, -0.25) is 9.97 Å². The molecule has 3 rings (SSSR count). The number of carboxylic acid groups (broad SMARTS) is 1. The van der Waals surface area contributed by atoms with E-state index in [-0.39, 0.29) is 16.9 Å². The van der Waals surface area contributed by atoms with Crippen LogP contribution in [0.5, 0.6) is 0 Å². The monoisotopic (exact) mass is 357 g/mol. The van der Waals surface area contributed by atoms with E-state index in [0.29, 0.717) is 22.2 Å². The lowest BCUT2D eigenvalue weighted by Crippen LogP contribution is -2.14. The number of fused-ring (bicyclic) bond motifs is 1. The third-order valence-electron chi connectivity index (χ3n) is 3.70. The Morgan fingerprint density at radius 2 is 1.96 bits per heavy atom. The van der Waals surface area contributed by atoms with E-state index in [1.165, 1.54) is 24.4 Å². The van der Waals surface area contributed by atoms with E-state index in [2.05, 4.69) is 9.97 Å². The standard InChI is InChI=1S/C17H15N3O4S/c1-10-4-13-5-11(6-14-8-12(17(21)22)2-3-19-14)7-15(25(18,23)24)16(13)20-9-10/h2-5,7-9H,6H2,1H3,(H,21,22)(H2,18,23,24). The van der Waals surface area contributed by atoms with Gasteiger partial charge in [-0.2, -0.15) is 0 Å². The zero-order valence-corrected chi connectivity index (χ0v) is 14.1. The summed E-state index contributed by atoms with van der Waals surface area (Å²) in [7, 11) is -3.96. The summed E-state index contributed by atoms with van der Waals surface area (Å²) >= 11 is 0. The Hall–Kier alpha value is -2.84. The van der Waals surface area contributed by atoms with E-state index in [1.807, 2.05) is 13.0 Å². The van der Waals surface area contributed by atoms with E-state index in [1.54, 1.807) is 12.3 Å². The molecular weight excluding hydrogens is 342 g/mol. The average Bonchev–Trinajstić information content (AvgIpc) is 2.53. The summed E-state index contributed by atoms with van der Waals surface area (Å²) in [5.41, 5.74) is 2.48. The van der Waals surface area contributed by atoms with Crippen LogP contribution in [0.2, 0.25) is 0 Å². The van der Waals surface area contributed by atoms with E-state index in [4.69, 9.17) is 10.2 Å². The zero-order chi connectivity index (χ0) is 18.2. The summed E-state index contributed by atoms with van der Waals surface area (Å²) in [5.74, 6) is -1.05. The molecule has 0 atom stereocenters. The minimum absolute atomic E-state index is 0.0608. The first-order chi connectivity index (χ1) is 11.7. The average molecular weight is 357 g/mol. The highest BCUT2D eigenvalue weighted by atomic mass is 32.2. The Balaban J connectivity index is 2.14. The van der Waals surface area contributed by atoms with Crippen molar-refractivity contribution in [3.63, 3.8) is 0 Å². The van der Waals surface area contributed by atoms with E-state index in [9.17, 15) is 13.2 Å². The largest absolute Gasteiger partial charge is 0.478 e. The number of nitrogens with zero attached hydrogens (tertiary/aromatic N) is 2. The molecule has 7 nitrogen and oxygen atoms in total. The summed E-state index contributed by atoms with van der Waals surface area (Å²) in [6.07, 6.45) is 3.26. The number of rotatable bonds is 4. The smallest absolute Gasteiger partial charge is 0.335 e. The van der Waals surface area contributed by atoms with Gasteiger partial charge in [-0.1, -0.05) is 0 Å². The number of benzene rings is 1. The fourth-order valence-electron chi connectivity index (χ4n) is 2.62. The van der Waals surface area contributed by atoms with Crippen molar-refractivity contribution in [2.24, 2.45) is 5.14 Å². The van der Waals surface area contributed by atoms with Crippen molar-refractivity contribution in [2.75, 3.05) is 0 Å². The molecule has 0 radical (unpaired) electrons. The first-order valence-corrected chi connectivity index (χ1v) is 8.89. The molecule has 2 aromatic heterocycles. The number of nitrogens with two attached hydrogens (primary N) is 1. The van der Waals surface area contributed by atoms with Crippen LogP contribution in [-0.4, -0.2) is 29.5 Å². The summed E-state index contributed by atoms with van der Waals surface area (Å²) < 4.78 is 23.8. The maximum atomic E-state index is 11.9. The molecule has 0 spiro atoms. The predicted molar refractivity (Wildman–Crippen MR) is 91.9 cm³/mol. The number of carbonyl (C=O) groups is 1. The number of aromatic carboxylic acids is 1. The van der Waals surface area contributed by atoms with Gasteiger partial charge in [0.2, 0.25) is 10.0 Å². The topological polar surface area (TPSA) is 123 Å². The molecule has 0 aliphatic carbocycles. The Bertz CT molecular complexity index is 1090. The second kappa shape index (κ2) is 6.23. The highest BCUT2D eigenvalue weighted by Crippen LogP contribution is 2.24. The van der Waals surface area contributed by atoms with Gasteiger partial charge < -0.3 is 5.11 Å². The van der Waals surface area contributed by atoms with Gasteiger partial charge in [0.25, 0.3) is 0 Å². The lowest BCUT2D eigenvalue weighted by molar-refractivity contribution is 0.0696. The molecule has 8 heteroatoms. The highest BCUT2D eigenvalue weighted by Gasteiger charge is 2.16. The SMILES string of the molecule is Cc1cnc2c(S(N)(=O)=O)cc(Cc3cc(C(=O)O)ccn3)cc2c1. The Morgan fingerprint density at radius 3 is 2.64 bits per heavy atom. The summed E-state index contributed by atoms with van der Waals surface area (Å²) in [6.45, 7) is 1.85. The van der Waals surface area contributed by atoms with Gasteiger partial charge in [0.05, 0.1) is 11.1 Å². The number of aryl methyl sites for hydroxylation is 1. The number of aromatic nitrogens is 2. The number of carboxylic acids is 1. The number of hydrogen-bond donors (Lipinski definition) is 2. The van der Waals surface area contributed by atoms with E-state index >= 15 is 0 Å². The molecule has 3 aromatic rings. The number of primary sulfonamides is 1. The summed E-state index contributed by atoms with van der Waals surface area (Å²) in [6, 6.07) is 7.93. The van der Waals surface area contributed by atoms with Crippen molar-refractivity contribution in [1.82, 2.24) is 9.97 Å². The van der Waals surface area contributed by atoms with Crippen LogP contribution in [0.15, 0.2) is 47.6 Å². The van der Waals surface area contributed by atoms with E-state index in [0.717, 1.165) is 5.56 Å². The highest BCUT2D eigenvalue weighted by molar-refractivity contribution is 7.89. The molecule has 3 N–H and O–H groups in total. The quantitative estimate of drug-likeness (QED) is 0.735. The molecule has 0 aliphatic heterocycles. The summed E-state index contributed by atoms with van der Waals surface area (Å²) in [4.78, 5) is 19.3. The molecule has 0 saturated carbocycles. The van der Waals surface area contributed by atoms with Crippen molar-refractivity contribution in [3.8, 4) is 0 Å². The Morgan fingerprint density at radius 1 is 1.20 bits per heavy atom. The van der Waals surface area contributed by atoms with Gasteiger partial charge in [0.15, 0.2) is 0 Å². The number of pyridine rings is 2. The normalized spacial score (nSPS) is 11.6. The van der Waals surface area contributed by atoms with Crippen LogP contribution in [-0.2, 0) is 16.4 Å². The van der Waals surface area contributed by atoms with Crippen molar-refractivity contribution in [1.29, 1.82) is 0 Å². The molecule has 0 unspecified atom stereocenters. The zero-order valence-electron chi connectivity index (χ0n) is 13.3. The molecule has 0 fully saturated rings. The third kappa shape index (κ3) is 3.65. The maximum Gasteiger partial charge on any atom is 0.335 e. The van der Waals surface area contributed by atoms with Crippen LogP contribution in [0, 0.1) is 6.92 Å². The lowest BCUT2D eigenvalue weighted by Gasteiger charge is -2.09. The van der Waals surface area contributed by atoms with Crippen LogP contribution in [0.1, 0.15) is 27.2 Å². The van der Waals surface area contributed by atoms with Crippen LogP contribution in [0.4, 0.5) is 0 Å². The van der Waals surface area contributed by atoms with Crippen molar-refractivity contribution in [2.45, 2.75) is 18.2 Å². The predicted octanol–water partition coefficient (Wildman–Crippen LogP) is 1.87. The second-order valence-corrected chi connectivity index (χ2v) is 7.27. The third-order valence-corrected chi connectivity index (χ3v) is 4.62. The van der Waals surface area contributed by atoms with Gasteiger partial charge in [-0.25, -0.2) is 18.4 Å². The van der Waals surface area contributed by atoms with Crippen molar-refractivity contribution >= 4 is 26.9 Å². The first kappa shape index (κ1) is 17.0. The van der Waals surface area contributed by atoms with Crippen molar-refractivity contribution < 1.29 is 18.3 Å². The van der Waals surface area contributed by atoms with Gasteiger partial charge in [0, 0.05) is 29.9 Å². The van der Waals surface area contributed by atoms with Gasteiger partial charge in [0.1, 0.15) is 4.90 Å². The van der Waals surface area contributed by atoms with Gasteiger partial charge >= 0.3 is 5.97 Å². The summed E-state index contributed by atoms with van der Waals surface area (Å²) in [5, 5.41) is 15.0. The molecule has 0 saturated heterocycles. The van der Waals surface area contributed by atoms with Crippen LogP contribution >= 0.6 is 0 Å². The molecule has 128 valence electrons. The molecular formula is C17H15N3O4S. The van der Waals surface area contributed by atoms with Crippen LogP contribution in [0.3, 0.4) is 0 Å². The van der Waals surface area contributed by atoms with Crippen LogP contribution in [0.25, 0.3) is 10.9 Å². The van der Waals surface area contributed by atoms with Crippen LogP contribution < -0.4 is 5.14 Å². The molecule has 0 bridgehead atoms. The Kier molecular flexibility index (Phi) is 4.23. The molecule has 0 amide bonds. The minimum atomic E-state index is -3.96. The molecule has 1 aromatic carbocycles. The van der Waals surface area contributed by atoms with Crippen molar-refractivity contribution in [3.05, 3.63) is 65.1 Å². The Labute approximate surface area is 144 Å². The molecule has 0 aliphatic rings. The lowest BCUT2D eigenvalue weighted by atomic mass is 10.0. The first-order valence-electron chi connectivity index (χ1n) is 7.34. The number of sulfonamides is 1. The van der Waals surface area contributed by atoms with Gasteiger partial charge in [-0.05, 0) is 48.4 Å². The fourth-order valence-corrected chi connectivity index (χ4v) is 3.38.